The molecule has 0 aliphatic heterocycles. The van der Waals surface area contributed by atoms with Crippen LogP contribution in [0.2, 0.25) is 0 Å². The van der Waals surface area contributed by atoms with Gasteiger partial charge in [0.2, 0.25) is 0 Å². The Morgan fingerprint density at radius 2 is 1.85 bits per heavy atom. The summed E-state index contributed by atoms with van der Waals surface area (Å²) in [5.74, 6) is 0.175. The number of aryl methyl sites for hydroxylation is 1. The van der Waals surface area contributed by atoms with Crippen molar-refractivity contribution in [1.82, 2.24) is 0 Å². The van der Waals surface area contributed by atoms with Crippen LogP contribution in [0, 0.1) is 12.3 Å². The Balaban J connectivity index is 0.00000147. The maximum atomic E-state index is 12.4. The van der Waals surface area contributed by atoms with Crippen LogP contribution in [0.4, 0.5) is 0 Å². The molecule has 1 radical (unpaired) electrons. The van der Waals surface area contributed by atoms with Crippen LogP contribution in [0.3, 0.4) is 0 Å². The van der Waals surface area contributed by atoms with Crippen molar-refractivity contribution in [3.05, 3.63) is 64.5 Å². The first kappa shape index (κ1) is 15.4. The maximum Gasteiger partial charge on any atom is 0.108 e. The SMILES string of the molecule is Cc1ccc(C(=O)c2[c-]sc3cc(O)ccc23)cc1.[Y]. The molecule has 0 spiro atoms. The largest absolute Gasteiger partial charge is 0.509 e. The summed E-state index contributed by atoms with van der Waals surface area (Å²) in [6, 6.07) is 12.5. The van der Waals surface area contributed by atoms with E-state index in [1.165, 1.54) is 11.3 Å². The van der Waals surface area contributed by atoms with Crippen molar-refractivity contribution in [3.8, 4) is 5.75 Å². The molecule has 0 saturated heterocycles. The number of benzene rings is 2. The van der Waals surface area contributed by atoms with Crippen LogP contribution in [0.25, 0.3) is 10.1 Å². The molecule has 4 heteroatoms. The monoisotopic (exact) mass is 356 g/mol. The van der Waals surface area contributed by atoms with Crippen molar-refractivity contribution >= 4 is 27.2 Å². The third-order valence-corrected chi connectivity index (χ3v) is 3.90. The molecule has 20 heavy (non-hydrogen) atoms. The van der Waals surface area contributed by atoms with Gasteiger partial charge in [0.1, 0.15) is 11.5 Å². The van der Waals surface area contributed by atoms with E-state index in [-0.39, 0.29) is 44.2 Å². The van der Waals surface area contributed by atoms with E-state index in [1.807, 2.05) is 31.2 Å². The first-order valence-electron chi connectivity index (χ1n) is 5.90. The zero-order valence-electron chi connectivity index (χ0n) is 10.9. The zero-order chi connectivity index (χ0) is 13.4. The van der Waals surface area contributed by atoms with Gasteiger partial charge in [0.05, 0.1) is 0 Å². The Bertz CT molecular complexity index is 760. The predicted molar refractivity (Wildman–Crippen MR) is 76.9 cm³/mol. The Kier molecular flexibility index (Phi) is 4.74. The summed E-state index contributed by atoms with van der Waals surface area (Å²) in [5, 5.41) is 13.3. The summed E-state index contributed by atoms with van der Waals surface area (Å²) in [6.45, 7) is 1.99. The molecule has 3 rings (SSSR count). The molecule has 0 amide bonds. The third-order valence-electron chi connectivity index (χ3n) is 3.04. The fraction of sp³-hybridized carbons (Fsp3) is 0.0625. The molecular weight excluding hydrogens is 345 g/mol. The van der Waals surface area contributed by atoms with E-state index < -0.39 is 0 Å². The molecule has 97 valence electrons. The predicted octanol–water partition coefficient (Wildman–Crippen LogP) is 3.94. The van der Waals surface area contributed by atoms with Gasteiger partial charge in [-0.1, -0.05) is 51.5 Å². The molecule has 0 aliphatic rings. The van der Waals surface area contributed by atoms with Crippen LogP contribution in [-0.2, 0) is 32.7 Å². The Morgan fingerprint density at radius 1 is 1.15 bits per heavy atom. The van der Waals surface area contributed by atoms with Crippen molar-refractivity contribution in [2.45, 2.75) is 6.92 Å². The molecule has 0 aliphatic carbocycles. The topological polar surface area (TPSA) is 37.3 Å². The van der Waals surface area contributed by atoms with Crippen molar-refractivity contribution in [3.63, 3.8) is 0 Å². The van der Waals surface area contributed by atoms with Crippen LogP contribution >= 0.6 is 11.3 Å². The van der Waals surface area contributed by atoms with Gasteiger partial charge in [-0.05, 0) is 18.6 Å². The van der Waals surface area contributed by atoms with E-state index in [2.05, 4.69) is 5.38 Å². The quantitative estimate of drug-likeness (QED) is 0.558. The van der Waals surface area contributed by atoms with Gasteiger partial charge in [-0.3, -0.25) is 11.3 Å². The number of rotatable bonds is 2. The molecule has 0 saturated carbocycles. The summed E-state index contributed by atoms with van der Waals surface area (Å²) in [6.07, 6.45) is 0. The van der Waals surface area contributed by atoms with Gasteiger partial charge in [0.15, 0.2) is 0 Å². The number of ketones is 1. The number of carbonyl (C=O) groups is 1. The van der Waals surface area contributed by atoms with E-state index in [9.17, 15) is 9.90 Å². The van der Waals surface area contributed by atoms with Crippen LogP contribution in [0.5, 0.6) is 5.75 Å². The van der Waals surface area contributed by atoms with E-state index in [0.717, 1.165) is 15.6 Å². The summed E-state index contributed by atoms with van der Waals surface area (Å²) >= 11 is 1.35. The van der Waals surface area contributed by atoms with Crippen molar-refractivity contribution in [2.75, 3.05) is 0 Å². The van der Waals surface area contributed by atoms with Gasteiger partial charge in [-0.2, -0.15) is 0 Å². The number of carbonyl (C=O) groups excluding carboxylic acids is 1. The van der Waals surface area contributed by atoms with Crippen molar-refractivity contribution in [1.29, 1.82) is 0 Å². The third kappa shape index (κ3) is 2.85. The van der Waals surface area contributed by atoms with E-state index in [0.29, 0.717) is 11.1 Å². The maximum absolute atomic E-state index is 12.4. The Morgan fingerprint density at radius 3 is 2.55 bits per heavy atom. The van der Waals surface area contributed by atoms with E-state index in [4.69, 9.17) is 0 Å². The number of phenols is 1. The Hall–Kier alpha value is -1.03. The summed E-state index contributed by atoms with van der Waals surface area (Å²) in [5.41, 5.74) is 2.36. The number of aromatic hydroxyl groups is 1. The van der Waals surface area contributed by atoms with E-state index in [1.54, 1.807) is 18.2 Å². The second-order valence-corrected chi connectivity index (χ2v) is 5.30. The molecule has 0 bridgehead atoms. The number of hydrogen-bond acceptors (Lipinski definition) is 3. The van der Waals surface area contributed by atoms with Crippen LogP contribution in [0.1, 0.15) is 21.5 Å². The molecule has 0 atom stereocenters. The number of fused-ring (bicyclic) bond motifs is 1. The number of hydrogen-bond donors (Lipinski definition) is 1. The second-order valence-electron chi connectivity index (χ2n) is 4.45. The number of thiophene rings is 1. The molecule has 3 aromatic rings. The summed E-state index contributed by atoms with van der Waals surface area (Å²) < 4.78 is 0.871. The fourth-order valence-electron chi connectivity index (χ4n) is 1.98. The summed E-state index contributed by atoms with van der Waals surface area (Å²) in [4.78, 5) is 12.4. The van der Waals surface area contributed by atoms with Crippen molar-refractivity contribution in [2.24, 2.45) is 0 Å². The Labute approximate surface area is 146 Å². The fourth-order valence-corrected chi connectivity index (χ4v) is 2.86. The molecule has 0 fully saturated rings. The summed E-state index contributed by atoms with van der Waals surface area (Å²) in [7, 11) is 0. The van der Waals surface area contributed by atoms with Gasteiger partial charge >= 0.3 is 0 Å². The minimum Gasteiger partial charge on any atom is -0.509 e. The molecule has 2 nitrogen and oxygen atoms in total. The average molecular weight is 356 g/mol. The molecule has 1 N–H and O–H groups in total. The van der Waals surface area contributed by atoms with Crippen LogP contribution < -0.4 is 0 Å². The van der Waals surface area contributed by atoms with Crippen LogP contribution in [0.15, 0.2) is 42.5 Å². The van der Waals surface area contributed by atoms with E-state index >= 15 is 0 Å². The van der Waals surface area contributed by atoms with Gasteiger partial charge in [0.25, 0.3) is 0 Å². The van der Waals surface area contributed by atoms with Gasteiger partial charge < -0.3 is 9.90 Å². The standard InChI is InChI=1S/C16H11O2S.Y/c1-10-2-4-11(5-3-10)16(18)14-9-19-15-8-12(17)6-7-13(14)15;/h2-8,17H,1H3;/q-1;. The van der Waals surface area contributed by atoms with Gasteiger partial charge in [-0.15, -0.1) is 11.5 Å². The molecule has 1 aromatic heterocycles. The van der Waals surface area contributed by atoms with Crippen molar-refractivity contribution < 1.29 is 42.6 Å². The smallest absolute Gasteiger partial charge is 0.108 e. The molecule has 1 heterocycles. The molecular formula is C16H11O2SY-. The molecule has 0 unspecified atom stereocenters. The first-order valence-corrected chi connectivity index (χ1v) is 6.71. The normalized spacial score (nSPS) is 10.2. The average Bonchev–Trinajstić information content (AvgIpc) is 2.81. The van der Waals surface area contributed by atoms with Gasteiger partial charge in [0, 0.05) is 32.7 Å². The first-order chi connectivity index (χ1) is 9.15. The minimum atomic E-state index is -0.0306. The zero-order valence-corrected chi connectivity index (χ0v) is 14.5. The minimum absolute atomic E-state index is 0. The molecule has 2 aromatic carbocycles. The number of phenolic OH excluding ortho intramolecular Hbond substituents is 1. The second kappa shape index (κ2) is 6.17. The van der Waals surface area contributed by atoms with Crippen LogP contribution in [-0.4, -0.2) is 10.9 Å². The van der Waals surface area contributed by atoms with Gasteiger partial charge in [-0.25, -0.2) is 0 Å².